The molecule has 16 heavy (non-hydrogen) atoms. The molecular formula is C11H15N3S2. The van der Waals surface area contributed by atoms with Gasteiger partial charge in [0.1, 0.15) is 5.82 Å². The largest absolute Gasteiger partial charge is 0.304 e. The van der Waals surface area contributed by atoms with Crippen molar-refractivity contribution in [1.82, 2.24) is 14.8 Å². The average Bonchev–Trinajstić information content (AvgIpc) is 2.88. The lowest BCUT2D eigenvalue weighted by Gasteiger charge is -2.04. The van der Waals surface area contributed by atoms with Gasteiger partial charge in [-0.15, -0.1) is 0 Å². The van der Waals surface area contributed by atoms with Gasteiger partial charge in [0.15, 0.2) is 4.77 Å². The first kappa shape index (κ1) is 11.5. The first-order valence-electron chi connectivity index (χ1n) is 5.46. The zero-order valence-electron chi connectivity index (χ0n) is 9.27. The van der Waals surface area contributed by atoms with E-state index in [9.17, 15) is 0 Å². The zero-order chi connectivity index (χ0) is 11.4. The van der Waals surface area contributed by atoms with Gasteiger partial charge in [-0.25, -0.2) is 0 Å². The zero-order valence-corrected chi connectivity index (χ0v) is 10.9. The summed E-state index contributed by atoms with van der Waals surface area (Å²) in [5, 5.41) is 11.4. The minimum absolute atomic E-state index is 0.735. The predicted octanol–water partition coefficient (Wildman–Crippen LogP) is 3.20. The highest BCUT2D eigenvalue weighted by atomic mass is 32.1. The van der Waals surface area contributed by atoms with E-state index in [0.29, 0.717) is 0 Å². The molecule has 0 saturated carbocycles. The molecule has 0 aromatic carbocycles. The Kier molecular flexibility index (Phi) is 3.90. The number of aromatic amines is 1. The van der Waals surface area contributed by atoms with E-state index in [1.807, 2.05) is 0 Å². The average molecular weight is 253 g/mol. The Morgan fingerprint density at radius 2 is 2.38 bits per heavy atom. The molecule has 0 spiro atoms. The van der Waals surface area contributed by atoms with Crippen molar-refractivity contribution in [1.29, 1.82) is 0 Å². The second kappa shape index (κ2) is 5.41. The molecule has 86 valence electrons. The van der Waals surface area contributed by atoms with E-state index in [1.54, 1.807) is 11.3 Å². The van der Waals surface area contributed by atoms with Gasteiger partial charge >= 0.3 is 0 Å². The van der Waals surface area contributed by atoms with Crippen LogP contribution in [0, 0.1) is 4.77 Å². The highest BCUT2D eigenvalue weighted by molar-refractivity contribution is 7.71. The summed E-state index contributed by atoms with van der Waals surface area (Å²) in [6, 6.07) is 2.16. The summed E-state index contributed by atoms with van der Waals surface area (Å²) in [6.45, 7) is 3.07. The third kappa shape index (κ3) is 2.59. The summed E-state index contributed by atoms with van der Waals surface area (Å²) in [6.07, 6.45) is 3.10. The number of nitrogens with one attached hydrogen (secondary N) is 1. The Bertz CT molecular complexity index is 482. The molecule has 0 aliphatic heterocycles. The first-order valence-corrected chi connectivity index (χ1v) is 6.81. The number of hydrogen-bond donors (Lipinski definition) is 1. The van der Waals surface area contributed by atoms with Gasteiger partial charge in [-0.2, -0.15) is 16.4 Å². The Morgan fingerprint density at radius 1 is 1.50 bits per heavy atom. The van der Waals surface area contributed by atoms with Crippen LogP contribution < -0.4 is 0 Å². The molecular weight excluding hydrogens is 238 g/mol. The van der Waals surface area contributed by atoms with Crippen molar-refractivity contribution in [2.24, 2.45) is 0 Å². The Morgan fingerprint density at radius 3 is 3.06 bits per heavy atom. The molecule has 0 aliphatic carbocycles. The van der Waals surface area contributed by atoms with Crippen LogP contribution in [-0.2, 0) is 19.4 Å². The summed E-state index contributed by atoms with van der Waals surface area (Å²) in [5.41, 5.74) is 1.37. The first-order chi connectivity index (χ1) is 7.81. The van der Waals surface area contributed by atoms with Crippen molar-refractivity contribution in [3.63, 3.8) is 0 Å². The summed E-state index contributed by atoms with van der Waals surface area (Å²) < 4.78 is 2.84. The van der Waals surface area contributed by atoms with E-state index in [-0.39, 0.29) is 0 Å². The van der Waals surface area contributed by atoms with E-state index in [1.165, 1.54) is 5.56 Å². The van der Waals surface area contributed by atoms with Gasteiger partial charge < -0.3 is 4.57 Å². The summed E-state index contributed by atoms with van der Waals surface area (Å²) in [5.74, 6) is 1.07. The fourth-order valence-corrected chi connectivity index (χ4v) is 2.62. The lowest BCUT2D eigenvalue weighted by atomic mass is 10.2. The highest BCUT2D eigenvalue weighted by Gasteiger charge is 2.05. The van der Waals surface area contributed by atoms with E-state index in [4.69, 9.17) is 12.2 Å². The number of hydrogen-bond acceptors (Lipinski definition) is 3. The maximum atomic E-state index is 5.23. The van der Waals surface area contributed by atoms with Crippen LogP contribution in [0.2, 0.25) is 0 Å². The summed E-state index contributed by atoms with van der Waals surface area (Å²) >= 11 is 6.97. The van der Waals surface area contributed by atoms with Crippen LogP contribution in [0.4, 0.5) is 0 Å². The molecule has 0 bridgehead atoms. The number of rotatable bonds is 5. The molecule has 2 aromatic rings. The van der Waals surface area contributed by atoms with Crippen LogP contribution in [-0.4, -0.2) is 14.8 Å². The van der Waals surface area contributed by atoms with Crippen LogP contribution in [0.15, 0.2) is 16.8 Å². The van der Waals surface area contributed by atoms with Crippen LogP contribution in [0.25, 0.3) is 0 Å². The molecule has 0 unspecified atom stereocenters. The van der Waals surface area contributed by atoms with E-state index in [0.717, 1.165) is 36.4 Å². The van der Waals surface area contributed by atoms with E-state index < -0.39 is 0 Å². The highest BCUT2D eigenvalue weighted by Crippen LogP contribution is 2.09. The molecule has 0 amide bonds. The molecule has 3 nitrogen and oxygen atoms in total. The number of aromatic nitrogens is 3. The van der Waals surface area contributed by atoms with Crippen molar-refractivity contribution >= 4 is 23.6 Å². The molecule has 0 aliphatic rings. The lowest BCUT2D eigenvalue weighted by molar-refractivity contribution is 0.637. The van der Waals surface area contributed by atoms with Crippen molar-refractivity contribution in [3.05, 3.63) is 33.0 Å². The third-order valence-corrected chi connectivity index (χ3v) is 3.56. The molecule has 0 saturated heterocycles. The van der Waals surface area contributed by atoms with Gasteiger partial charge in [0.25, 0.3) is 0 Å². The molecule has 0 atom stereocenters. The maximum Gasteiger partial charge on any atom is 0.195 e. The molecule has 5 heteroatoms. The quantitative estimate of drug-likeness (QED) is 0.830. The summed E-state index contributed by atoms with van der Waals surface area (Å²) in [7, 11) is 0. The van der Waals surface area contributed by atoms with E-state index in [2.05, 4.69) is 38.5 Å². The molecule has 2 aromatic heterocycles. The number of aryl methyl sites for hydroxylation is 2. The second-order valence-electron chi connectivity index (χ2n) is 3.73. The smallest absolute Gasteiger partial charge is 0.195 e. The number of H-pyrrole nitrogens is 1. The van der Waals surface area contributed by atoms with Gasteiger partial charge in [0.2, 0.25) is 0 Å². The molecule has 0 fully saturated rings. The number of nitrogens with zero attached hydrogens (tertiary/aromatic N) is 2. The minimum atomic E-state index is 0.735. The molecule has 0 radical (unpaired) electrons. The SMILES string of the molecule is CCCc1n[nH]c(=S)n1CCc1ccsc1. The Hall–Kier alpha value is -0.940. The van der Waals surface area contributed by atoms with Crippen molar-refractivity contribution < 1.29 is 0 Å². The normalized spacial score (nSPS) is 10.8. The second-order valence-corrected chi connectivity index (χ2v) is 4.89. The van der Waals surface area contributed by atoms with Crippen LogP contribution >= 0.6 is 23.6 Å². The maximum absolute atomic E-state index is 5.23. The molecule has 1 N–H and O–H groups in total. The molecule has 2 rings (SSSR count). The van der Waals surface area contributed by atoms with Crippen LogP contribution in [0.3, 0.4) is 0 Å². The van der Waals surface area contributed by atoms with Gasteiger partial charge in [-0.05, 0) is 47.4 Å². The van der Waals surface area contributed by atoms with Crippen molar-refractivity contribution in [2.75, 3.05) is 0 Å². The van der Waals surface area contributed by atoms with Crippen LogP contribution in [0.5, 0.6) is 0 Å². The van der Waals surface area contributed by atoms with Gasteiger partial charge in [0.05, 0.1) is 0 Å². The van der Waals surface area contributed by atoms with Crippen LogP contribution in [0.1, 0.15) is 24.7 Å². The van der Waals surface area contributed by atoms with Gasteiger partial charge in [-0.1, -0.05) is 6.92 Å². The standard InChI is InChI=1S/C11H15N3S2/c1-2-3-10-12-13-11(15)14(10)6-4-9-5-7-16-8-9/h5,7-8H,2-4,6H2,1H3,(H,13,15). The predicted molar refractivity (Wildman–Crippen MR) is 69.4 cm³/mol. The monoisotopic (exact) mass is 253 g/mol. The Balaban J connectivity index is 2.08. The minimum Gasteiger partial charge on any atom is -0.304 e. The van der Waals surface area contributed by atoms with Gasteiger partial charge in [-0.3, -0.25) is 5.10 Å². The number of thiophene rings is 1. The van der Waals surface area contributed by atoms with Crippen molar-refractivity contribution in [2.45, 2.75) is 32.7 Å². The summed E-state index contributed by atoms with van der Waals surface area (Å²) in [4.78, 5) is 0. The fraction of sp³-hybridized carbons (Fsp3) is 0.455. The Labute approximate surface area is 104 Å². The topological polar surface area (TPSA) is 33.6 Å². The van der Waals surface area contributed by atoms with E-state index >= 15 is 0 Å². The molecule has 2 heterocycles. The van der Waals surface area contributed by atoms with Gasteiger partial charge in [0, 0.05) is 13.0 Å². The third-order valence-electron chi connectivity index (χ3n) is 2.52. The lowest BCUT2D eigenvalue weighted by Crippen LogP contribution is -2.06. The van der Waals surface area contributed by atoms with Crippen molar-refractivity contribution in [3.8, 4) is 0 Å². The fourth-order valence-electron chi connectivity index (χ4n) is 1.67.